The molecule has 0 unspecified atom stereocenters. The largest absolute Gasteiger partial charge is 0.352 e. The molecule has 1 N–H and O–H groups in total. The van der Waals surface area contributed by atoms with Crippen molar-refractivity contribution in [2.45, 2.75) is 39.2 Å². The SMILES string of the molecule is Cc1cccc(CNC(=O)C2CCC(C(=O)N(C)c3ccccc3)CC2)c1. The van der Waals surface area contributed by atoms with Crippen molar-refractivity contribution in [1.29, 1.82) is 0 Å². The molecular formula is C23H28N2O2. The summed E-state index contributed by atoms with van der Waals surface area (Å²) in [5.74, 6) is 0.288. The van der Waals surface area contributed by atoms with Crippen LogP contribution < -0.4 is 10.2 Å². The molecule has 3 rings (SSSR count). The average Bonchev–Trinajstić information content (AvgIpc) is 2.72. The number of carbonyl (C=O) groups is 2. The van der Waals surface area contributed by atoms with Crippen molar-refractivity contribution in [3.05, 3.63) is 65.7 Å². The molecule has 0 heterocycles. The molecule has 142 valence electrons. The average molecular weight is 364 g/mol. The molecule has 1 saturated carbocycles. The van der Waals surface area contributed by atoms with Crippen LogP contribution in [0.5, 0.6) is 0 Å². The van der Waals surface area contributed by atoms with E-state index in [-0.39, 0.29) is 23.7 Å². The van der Waals surface area contributed by atoms with Crippen molar-refractivity contribution in [2.24, 2.45) is 11.8 Å². The van der Waals surface area contributed by atoms with E-state index in [1.807, 2.05) is 49.5 Å². The van der Waals surface area contributed by atoms with Gasteiger partial charge in [0, 0.05) is 31.1 Å². The number of nitrogens with zero attached hydrogens (tertiary/aromatic N) is 1. The van der Waals surface area contributed by atoms with Gasteiger partial charge >= 0.3 is 0 Å². The van der Waals surface area contributed by atoms with Crippen LogP contribution >= 0.6 is 0 Å². The number of carbonyl (C=O) groups excluding carboxylic acids is 2. The number of aryl methyl sites for hydroxylation is 1. The van der Waals surface area contributed by atoms with Crippen LogP contribution in [0.25, 0.3) is 0 Å². The lowest BCUT2D eigenvalue weighted by atomic mass is 9.81. The molecule has 27 heavy (non-hydrogen) atoms. The van der Waals surface area contributed by atoms with Gasteiger partial charge in [0.1, 0.15) is 0 Å². The minimum Gasteiger partial charge on any atom is -0.352 e. The van der Waals surface area contributed by atoms with Gasteiger partial charge in [-0.25, -0.2) is 0 Å². The van der Waals surface area contributed by atoms with Crippen LogP contribution in [0.3, 0.4) is 0 Å². The second-order valence-electron chi connectivity index (χ2n) is 7.49. The van der Waals surface area contributed by atoms with E-state index in [9.17, 15) is 9.59 Å². The molecule has 0 saturated heterocycles. The third kappa shape index (κ3) is 4.97. The minimum absolute atomic E-state index is 0.0102. The summed E-state index contributed by atoms with van der Waals surface area (Å²) in [7, 11) is 1.83. The van der Waals surface area contributed by atoms with Gasteiger partial charge in [0.25, 0.3) is 0 Å². The molecule has 0 aromatic heterocycles. The summed E-state index contributed by atoms with van der Waals surface area (Å²) in [6, 6.07) is 17.9. The zero-order valence-electron chi connectivity index (χ0n) is 16.2. The predicted molar refractivity (Wildman–Crippen MR) is 108 cm³/mol. The van der Waals surface area contributed by atoms with Crippen molar-refractivity contribution >= 4 is 17.5 Å². The fraction of sp³-hybridized carbons (Fsp3) is 0.391. The summed E-state index contributed by atoms with van der Waals surface area (Å²) in [5, 5.41) is 3.05. The van der Waals surface area contributed by atoms with Crippen molar-refractivity contribution in [3.63, 3.8) is 0 Å². The first-order valence-corrected chi connectivity index (χ1v) is 9.70. The molecule has 1 fully saturated rings. The summed E-state index contributed by atoms with van der Waals surface area (Å²) in [6.07, 6.45) is 3.11. The van der Waals surface area contributed by atoms with Crippen LogP contribution in [0.1, 0.15) is 36.8 Å². The van der Waals surface area contributed by atoms with Gasteiger partial charge in [-0.2, -0.15) is 0 Å². The highest BCUT2D eigenvalue weighted by molar-refractivity contribution is 5.94. The van der Waals surface area contributed by atoms with Crippen LogP contribution in [-0.4, -0.2) is 18.9 Å². The molecule has 0 radical (unpaired) electrons. The molecule has 2 amide bonds. The highest BCUT2D eigenvalue weighted by Gasteiger charge is 2.31. The monoisotopic (exact) mass is 364 g/mol. The summed E-state index contributed by atoms with van der Waals surface area (Å²) in [6.45, 7) is 2.62. The Morgan fingerprint density at radius 1 is 0.963 bits per heavy atom. The van der Waals surface area contributed by atoms with E-state index in [4.69, 9.17) is 0 Å². The van der Waals surface area contributed by atoms with E-state index in [0.29, 0.717) is 6.54 Å². The van der Waals surface area contributed by atoms with Gasteiger partial charge in [0.2, 0.25) is 11.8 Å². The molecule has 1 aliphatic rings. The molecule has 2 aromatic rings. The van der Waals surface area contributed by atoms with E-state index in [1.165, 1.54) is 5.56 Å². The smallest absolute Gasteiger partial charge is 0.229 e. The highest BCUT2D eigenvalue weighted by atomic mass is 16.2. The fourth-order valence-corrected chi connectivity index (χ4v) is 3.81. The molecule has 1 aliphatic carbocycles. The van der Waals surface area contributed by atoms with Crippen molar-refractivity contribution in [2.75, 3.05) is 11.9 Å². The highest BCUT2D eigenvalue weighted by Crippen LogP contribution is 2.31. The first kappa shape index (κ1) is 19.2. The zero-order valence-corrected chi connectivity index (χ0v) is 16.2. The van der Waals surface area contributed by atoms with Crippen LogP contribution in [0.2, 0.25) is 0 Å². The van der Waals surface area contributed by atoms with E-state index >= 15 is 0 Å². The van der Waals surface area contributed by atoms with Crippen molar-refractivity contribution in [3.8, 4) is 0 Å². The van der Waals surface area contributed by atoms with Gasteiger partial charge in [-0.15, -0.1) is 0 Å². The number of amides is 2. The summed E-state index contributed by atoms with van der Waals surface area (Å²) >= 11 is 0. The Kier molecular flexibility index (Phi) is 6.28. The maximum absolute atomic E-state index is 12.7. The lowest BCUT2D eigenvalue weighted by molar-refractivity contribution is -0.129. The number of rotatable bonds is 5. The third-order valence-electron chi connectivity index (χ3n) is 5.47. The molecule has 4 heteroatoms. The van der Waals surface area contributed by atoms with Gasteiger partial charge < -0.3 is 10.2 Å². The molecule has 0 spiro atoms. The number of hydrogen-bond acceptors (Lipinski definition) is 2. The van der Waals surface area contributed by atoms with Crippen LogP contribution in [0.4, 0.5) is 5.69 Å². The van der Waals surface area contributed by atoms with E-state index in [0.717, 1.165) is 36.9 Å². The Balaban J connectivity index is 1.48. The first-order chi connectivity index (χ1) is 13.0. The van der Waals surface area contributed by atoms with Gasteiger partial charge in [-0.3, -0.25) is 9.59 Å². The Bertz CT molecular complexity index is 780. The van der Waals surface area contributed by atoms with Gasteiger partial charge in [-0.05, 0) is 50.3 Å². The number of hydrogen-bond donors (Lipinski definition) is 1. The van der Waals surface area contributed by atoms with Crippen molar-refractivity contribution in [1.82, 2.24) is 5.32 Å². The molecular weight excluding hydrogens is 336 g/mol. The normalized spacial score (nSPS) is 19.3. The maximum atomic E-state index is 12.7. The van der Waals surface area contributed by atoms with Gasteiger partial charge in [0.15, 0.2) is 0 Å². The topological polar surface area (TPSA) is 49.4 Å². The van der Waals surface area contributed by atoms with Crippen LogP contribution in [0, 0.1) is 18.8 Å². The Labute approximate surface area is 161 Å². The predicted octanol–water partition coefficient (Wildman–Crippen LogP) is 4.08. The lowest BCUT2D eigenvalue weighted by Crippen LogP contribution is -2.38. The van der Waals surface area contributed by atoms with E-state index in [1.54, 1.807) is 4.90 Å². The lowest BCUT2D eigenvalue weighted by Gasteiger charge is -2.30. The molecule has 0 bridgehead atoms. The Morgan fingerprint density at radius 3 is 2.30 bits per heavy atom. The second kappa shape index (κ2) is 8.85. The van der Waals surface area contributed by atoms with Crippen LogP contribution in [-0.2, 0) is 16.1 Å². The number of nitrogens with one attached hydrogen (secondary N) is 1. The number of para-hydroxylation sites is 1. The van der Waals surface area contributed by atoms with Gasteiger partial charge in [-0.1, -0.05) is 48.0 Å². The second-order valence-corrected chi connectivity index (χ2v) is 7.49. The molecule has 0 aliphatic heterocycles. The quantitative estimate of drug-likeness (QED) is 0.869. The number of anilines is 1. The molecule has 0 atom stereocenters. The van der Waals surface area contributed by atoms with E-state index in [2.05, 4.69) is 24.4 Å². The van der Waals surface area contributed by atoms with Crippen molar-refractivity contribution < 1.29 is 9.59 Å². The Morgan fingerprint density at radius 2 is 1.63 bits per heavy atom. The molecule has 2 aromatic carbocycles. The van der Waals surface area contributed by atoms with Gasteiger partial charge in [0.05, 0.1) is 0 Å². The minimum atomic E-state index is 0.0102. The first-order valence-electron chi connectivity index (χ1n) is 9.70. The fourth-order valence-electron chi connectivity index (χ4n) is 3.81. The Hall–Kier alpha value is -2.62. The summed E-state index contributed by atoms with van der Waals surface area (Å²) in [5.41, 5.74) is 3.24. The summed E-state index contributed by atoms with van der Waals surface area (Å²) < 4.78 is 0. The zero-order chi connectivity index (χ0) is 19.2. The maximum Gasteiger partial charge on any atom is 0.229 e. The van der Waals surface area contributed by atoms with Crippen LogP contribution in [0.15, 0.2) is 54.6 Å². The number of benzene rings is 2. The standard InChI is InChI=1S/C23H28N2O2/c1-17-7-6-8-18(15-17)16-24-22(26)19-11-13-20(14-12-19)23(27)25(2)21-9-4-3-5-10-21/h3-10,15,19-20H,11-14,16H2,1-2H3,(H,24,26). The third-order valence-corrected chi connectivity index (χ3v) is 5.47. The summed E-state index contributed by atoms with van der Waals surface area (Å²) in [4.78, 5) is 27.0. The molecule has 4 nitrogen and oxygen atoms in total. The van der Waals surface area contributed by atoms with E-state index < -0.39 is 0 Å².